The van der Waals surface area contributed by atoms with Crippen LogP contribution in [0, 0.1) is 0 Å². The van der Waals surface area contributed by atoms with Crippen molar-refractivity contribution in [3.63, 3.8) is 0 Å². The van der Waals surface area contributed by atoms with E-state index in [1.54, 1.807) is 0 Å². The molecular weight excluding hydrogens is 131 g/mol. The number of thiol groups is 1. The molecule has 4 heteroatoms. The number of hydrogen-bond acceptors (Lipinski definition) is 2. The molecule has 0 rings (SSSR count). The van der Waals surface area contributed by atoms with Gasteiger partial charge in [0.2, 0.25) is 0 Å². The molecule has 0 amide bonds. The predicted octanol–water partition coefficient (Wildman–Crippen LogP) is -3.43. The Morgan fingerprint density at radius 2 is 1.80 bits per heavy atom. The maximum absolute atomic E-state index is 9.12. The third-order valence-electron chi connectivity index (χ3n) is 0. The molecule has 0 unspecified atom stereocenters. The molecule has 0 atom stereocenters. The largest absolute Gasteiger partial charge is 1.00 e. The molecule has 0 spiro atoms. The Morgan fingerprint density at radius 3 is 1.80 bits per heavy atom. The van der Waals surface area contributed by atoms with Gasteiger partial charge in [-0.05, 0) is 4.38 Å². The van der Waals surface area contributed by atoms with Gasteiger partial charge < -0.3 is 5.11 Å². The van der Waals surface area contributed by atoms with E-state index >= 15 is 0 Å². The molecule has 0 aromatic carbocycles. The molecule has 0 saturated carbocycles. The fraction of sp³-hybridized carbons (Fsp3) is 0. The van der Waals surface area contributed by atoms with Crippen LogP contribution in [-0.2, 0) is 0 Å². The molecule has 0 heterocycles. The normalized spacial score (nSPS) is 5.00. The minimum Gasteiger partial charge on any atom is -0.860 e. The summed E-state index contributed by atoms with van der Waals surface area (Å²) < 4.78 is -0.556. The second kappa shape index (κ2) is 5.88. The van der Waals surface area contributed by atoms with Gasteiger partial charge in [0, 0.05) is 0 Å². The van der Waals surface area contributed by atoms with E-state index in [1.165, 1.54) is 0 Å². The molecule has 0 aliphatic heterocycles. The molecule has 0 aliphatic rings. The standard InChI is InChI=1S/CH2OS2.K/c2-1(3)4;/h(H2,2,3,4);/q;+1/p-1. The summed E-state index contributed by atoms with van der Waals surface area (Å²) in [5.74, 6) is 0. The van der Waals surface area contributed by atoms with Crippen molar-refractivity contribution in [1.82, 2.24) is 0 Å². The van der Waals surface area contributed by atoms with Gasteiger partial charge in [-0.3, -0.25) is 0 Å². The number of hydrogen-bond donors (Lipinski definition) is 1. The van der Waals surface area contributed by atoms with Crippen LogP contribution in [0.3, 0.4) is 0 Å². The Balaban J connectivity index is 0. The third kappa shape index (κ3) is 25.1. The van der Waals surface area contributed by atoms with Crippen molar-refractivity contribution >= 4 is 29.2 Å². The van der Waals surface area contributed by atoms with Crippen LogP contribution in [0.15, 0.2) is 0 Å². The van der Waals surface area contributed by atoms with Gasteiger partial charge in [-0.2, -0.15) is 0 Å². The summed E-state index contributed by atoms with van der Waals surface area (Å²) in [5.41, 5.74) is 0. The minimum absolute atomic E-state index is 0. The Labute approximate surface area is 84.0 Å². The van der Waals surface area contributed by atoms with Gasteiger partial charge >= 0.3 is 51.4 Å². The van der Waals surface area contributed by atoms with Crippen LogP contribution < -0.4 is 56.5 Å². The molecule has 5 heavy (non-hydrogen) atoms. The van der Waals surface area contributed by atoms with Crippen LogP contribution in [0.25, 0.3) is 0 Å². The second-order valence-corrected chi connectivity index (χ2v) is 1.35. The Hall–Kier alpha value is 1.88. The first-order valence-corrected chi connectivity index (χ1v) is 1.49. The first-order chi connectivity index (χ1) is 1.73. The van der Waals surface area contributed by atoms with E-state index < -0.39 is 4.38 Å². The Morgan fingerprint density at radius 1 is 1.80 bits per heavy atom. The maximum Gasteiger partial charge on any atom is 1.00 e. The molecular formula is CHKOS2. The Kier molecular flexibility index (Phi) is 11.7. The van der Waals surface area contributed by atoms with Gasteiger partial charge in [0.05, 0.1) is 0 Å². The monoisotopic (exact) mass is 132 g/mol. The SMILES string of the molecule is [K+].[O-]C(=S)S. The van der Waals surface area contributed by atoms with E-state index in [0.717, 1.165) is 0 Å². The van der Waals surface area contributed by atoms with Crippen molar-refractivity contribution in [3.05, 3.63) is 0 Å². The molecule has 0 radical (unpaired) electrons. The van der Waals surface area contributed by atoms with E-state index in [-0.39, 0.29) is 51.4 Å². The molecule has 0 fully saturated rings. The van der Waals surface area contributed by atoms with E-state index in [2.05, 4.69) is 24.8 Å². The fourth-order valence-electron chi connectivity index (χ4n) is 0. The molecule has 0 aromatic rings. The second-order valence-electron chi connectivity index (χ2n) is 0.266. The minimum atomic E-state index is -0.556. The zero-order chi connectivity index (χ0) is 3.58. The first kappa shape index (κ1) is 9.99. The predicted molar refractivity (Wildman–Crippen MR) is 21.6 cm³/mol. The summed E-state index contributed by atoms with van der Waals surface area (Å²) in [6, 6.07) is 0. The van der Waals surface area contributed by atoms with Crippen molar-refractivity contribution in [2.24, 2.45) is 0 Å². The third-order valence-corrected chi connectivity index (χ3v) is 0. The van der Waals surface area contributed by atoms with Gasteiger partial charge in [0.25, 0.3) is 0 Å². The zero-order valence-corrected chi connectivity index (χ0v) is 7.60. The van der Waals surface area contributed by atoms with E-state index in [4.69, 9.17) is 5.11 Å². The van der Waals surface area contributed by atoms with Crippen molar-refractivity contribution < 1.29 is 56.5 Å². The quantitative estimate of drug-likeness (QED) is 0.211. The number of rotatable bonds is 0. The van der Waals surface area contributed by atoms with Gasteiger partial charge in [-0.25, -0.2) is 0 Å². The van der Waals surface area contributed by atoms with E-state index in [0.29, 0.717) is 0 Å². The van der Waals surface area contributed by atoms with E-state index in [9.17, 15) is 0 Å². The van der Waals surface area contributed by atoms with Crippen molar-refractivity contribution in [3.8, 4) is 0 Å². The van der Waals surface area contributed by atoms with Crippen molar-refractivity contribution in [2.75, 3.05) is 0 Å². The van der Waals surface area contributed by atoms with Gasteiger partial charge in [-0.1, -0.05) is 12.2 Å². The van der Waals surface area contributed by atoms with Crippen molar-refractivity contribution in [1.29, 1.82) is 0 Å². The summed E-state index contributed by atoms with van der Waals surface area (Å²) in [7, 11) is 0. The fourth-order valence-corrected chi connectivity index (χ4v) is 0. The summed E-state index contributed by atoms with van der Waals surface area (Å²) in [6.07, 6.45) is 0. The number of thiocarbonyl (C=S) groups is 1. The smallest absolute Gasteiger partial charge is 0.860 e. The van der Waals surface area contributed by atoms with Crippen LogP contribution in [0.1, 0.15) is 0 Å². The summed E-state index contributed by atoms with van der Waals surface area (Å²) in [4.78, 5) is 0. The van der Waals surface area contributed by atoms with Crippen LogP contribution in [0.4, 0.5) is 0 Å². The Bertz CT molecular complexity index is 32.6. The topological polar surface area (TPSA) is 23.1 Å². The first-order valence-electron chi connectivity index (χ1n) is 0.632. The van der Waals surface area contributed by atoms with Crippen LogP contribution in [-0.4, -0.2) is 4.38 Å². The van der Waals surface area contributed by atoms with Crippen molar-refractivity contribution in [2.45, 2.75) is 0 Å². The summed E-state index contributed by atoms with van der Waals surface area (Å²) in [6.45, 7) is 0. The summed E-state index contributed by atoms with van der Waals surface area (Å²) in [5, 5.41) is 9.12. The van der Waals surface area contributed by atoms with E-state index in [1.807, 2.05) is 0 Å². The maximum atomic E-state index is 9.12. The average Bonchev–Trinajstić information content (AvgIpc) is 0.811. The molecule has 0 N–H and O–H groups in total. The zero-order valence-electron chi connectivity index (χ0n) is 2.76. The van der Waals surface area contributed by atoms with Crippen LogP contribution >= 0.6 is 24.8 Å². The molecule has 1 nitrogen and oxygen atoms in total. The van der Waals surface area contributed by atoms with Gasteiger partial charge in [0.1, 0.15) is 0 Å². The van der Waals surface area contributed by atoms with Gasteiger partial charge in [0.15, 0.2) is 0 Å². The summed E-state index contributed by atoms with van der Waals surface area (Å²) >= 11 is 6.99. The molecule has 0 aliphatic carbocycles. The molecule has 0 bridgehead atoms. The van der Waals surface area contributed by atoms with Crippen LogP contribution in [0.2, 0.25) is 0 Å². The molecule has 0 saturated heterocycles. The van der Waals surface area contributed by atoms with Gasteiger partial charge in [-0.15, -0.1) is 12.6 Å². The van der Waals surface area contributed by atoms with Crippen LogP contribution in [0.5, 0.6) is 0 Å². The average molecular weight is 132 g/mol. The molecule has 0 aromatic heterocycles. The molecule has 24 valence electrons.